The highest BCUT2D eigenvalue weighted by molar-refractivity contribution is 6.29. The monoisotopic (exact) mass is 242 g/mol. The van der Waals surface area contributed by atoms with Gasteiger partial charge in [-0.3, -0.25) is 11.3 Å². The van der Waals surface area contributed by atoms with Crippen LogP contribution in [0.5, 0.6) is 0 Å². The highest BCUT2D eigenvalue weighted by Crippen LogP contribution is 2.30. The Balaban J connectivity index is 2.61. The fourth-order valence-corrected chi connectivity index (χ4v) is 1.44. The minimum absolute atomic E-state index is 0.0557. The standard InChI is InChI=1S/C8H10ClF3N2O/c9-7-5(2-4-15-7)6(14-13)1-3-8(10,11)12/h2,4,6,14H,1,3,13H2. The minimum atomic E-state index is -4.20. The summed E-state index contributed by atoms with van der Waals surface area (Å²) in [4.78, 5) is 0. The molecule has 1 unspecified atom stereocenters. The van der Waals surface area contributed by atoms with Crippen LogP contribution in [0, 0.1) is 0 Å². The molecule has 0 saturated carbocycles. The number of hydrogen-bond acceptors (Lipinski definition) is 3. The molecule has 0 aromatic carbocycles. The van der Waals surface area contributed by atoms with Gasteiger partial charge in [0.2, 0.25) is 0 Å². The summed E-state index contributed by atoms with van der Waals surface area (Å²) in [5, 5.41) is 0.0557. The van der Waals surface area contributed by atoms with Gasteiger partial charge in [-0.2, -0.15) is 13.2 Å². The Morgan fingerprint density at radius 3 is 2.60 bits per heavy atom. The smallest absolute Gasteiger partial charge is 0.389 e. The molecule has 1 aromatic heterocycles. The lowest BCUT2D eigenvalue weighted by atomic mass is 10.1. The minimum Gasteiger partial charge on any atom is -0.453 e. The van der Waals surface area contributed by atoms with Crippen molar-refractivity contribution < 1.29 is 17.6 Å². The maximum absolute atomic E-state index is 12.0. The number of hydrogen-bond donors (Lipinski definition) is 2. The van der Waals surface area contributed by atoms with Gasteiger partial charge in [0.1, 0.15) is 0 Å². The van der Waals surface area contributed by atoms with E-state index in [1.54, 1.807) is 0 Å². The molecule has 0 aliphatic carbocycles. The van der Waals surface area contributed by atoms with Gasteiger partial charge in [-0.25, -0.2) is 0 Å². The van der Waals surface area contributed by atoms with E-state index < -0.39 is 18.6 Å². The van der Waals surface area contributed by atoms with E-state index in [2.05, 4.69) is 5.43 Å². The molecule has 1 heterocycles. The predicted octanol–water partition coefficient (Wildman–Crippen LogP) is 2.78. The molecule has 0 radical (unpaired) electrons. The van der Waals surface area contributed by atoms with Crippen molar-refractivity contribution in [2.45, 2.75) is 25.1 Å². The van der Waals surface area contributed by atoms with E-state index in [0.717, 1.165) is 0 Å². The van der Waals surface area contributed by atoms with Crippen molar-refractivity contribution in [2.75, 3.05) is 0 Å². The van der Waals surface area contributed by atoms with Crippen molar-refractivity contribution in [3.63, 3.8) is 0 Å². The van der Waals surface area contributed by atoms with Crippen molar-refractivity contribution in [1.82, 2.24) is 5.43 Å². The second kappa shape index (κ2) is 4.87. The Hall–Kier alpha value is -0.720. The lowest BCUT2D eigenvalue weighted by Crippen LogP contribution is -2.29. The predicted molar refractivity (Wildman–Crippen MR) is 49.1 cm³/mol. The van der Waals surface area contributed by atoms with Crippen molar-refractivity contribution in [3.8, 4) is 0 Å². The quantitative estimate of drug-likeness (QED) is 0.631. The molecule has 0 amide bonds. The first kappa shape index (κ1) is 12.4. The molecule has 1 aromatic rings. The lowest BCUT2D eigenvalue weighted by molar-refractivity contribution is -0.136. The molecule has 1 rings (SSSR count). The van der Waals surface area contributed by atoms with Gasteiger partial charge in [0.05, 0.1) is 12.3 Å². The normalized spacial score (nSPS) is 14.2. The largest absolute Gasteiger partial charge is 0.453 e. The van der Waals surface area contributed by atoms with Gasteiger partial charge in [0.15, 0.2) is 5.22 Å². The Bertz CT molecular complexity index is 313. The van der Waals surface area contributed by atoms with Gasteiger partial charge < -0.3 is 4.42 Å². The number of nitrogens with two attached hydrogens (primary N) is 1. The van der Waals surface area contributed by atoms with Crippen molar-refractivity contribution in [2.24, 2.45) is 5.84 Å². The zero-order valence-corrected chi connectivity index (χ0v) is 8.40. The zero-order chi connectivity index (χ0) is 11.5. The first-order valence-electron chi connectivity index (χ1n) is 4.20. The molecule has 3 N–H and O–H groups in total. The third-order valence-corrected chi connectivity index (χ3v) is 2.25. The molecule has 0 aliphatic heterocycles. The Morgan fingerprint density at radius 2 is 2.20 bits per heavy atom. The fourth-order valence-electron chi connectivity index (χ4n) is 1.19. The fraction of sp³-hybridized carbons (Fsp3) is 0.500. The summed E-state index contributed by atoms with van der Waals surface area (Å²) in [5.74, 6) is 5.14. The van der Waals surface area contributed by atoms with Gasteiger partial charge in [0, 0.05) is 12.0 Å². The molecule has 7 heteroatoms. The first-order chi connectivity index (χ1) is 6.94. The first-order valence-corrected chi connectivity index (χ1v) is 4.57. The van der Waals surface area contributed by atoms with Crippen LogP contribution in [0.25, 0.3) is 0 Å². The molecule has 1 atom stereocenters. The van der Waals surface area contributed by atoms with E-state index in [1.807, 2.05) is 0 Å². The van der Waals surface area contributed by atoms with E-state index in [-0.39, 0.29) is 11.6 Å². The number of nitrogens with one attached hydrogen (secondary N) is 1. The van der Waals surface area contributed by atoms with Crippen LogP contribution >= 0.6 is 11.6 Å². The molecule has 0 spiro atoms. The van der Waals surface area contributed by atoms with Crippen LogP contribution in [-0.2, 0) is 0 Å². The second-order valence-electron chi connectivity index (χ2n) is 3.02. The van der Waals surface area contributed by atoms with Crippen LogP contribution in [0.2, 0.25) is 5.22 Å². The summed E-state index contributed by atoms with van der Waals surface area (Å²) in [5.41, 5.74) is 2.71. The molecule has 86 valence electrons. The van der Waals surface area contributed by atoms with Crippen LogP contribution in [0.15, 0.2) is 16.7 Å². The van der Waals surface area contributed by atoms with E-state index in [4.69, 9.17) is 21.9 Å². The van der Waals surface area contributed by atoms with E-state index in [0.29, 0.717) is 5.56 Å². The van der Waals surface area contributed by atoms with Gasteiger partial charge in [-0.15, -0.1) is 0 Å². The average Bonchev–Trinajstić information content (AvgIpc) is 2.52. The van der Waals surface area contributed by atoms with E-state index in [1.165, 1.54) is 12.3 Å². The number of furan rings is 1. The number of hydrazine groups is 1. The summed E-state index contributed by atoms with van der Waals surface area (Å²) < 4.78 is 40.7. The zero-order valence-electron chi connectivity index (χ0n) is 7.64. The molecule has 0 aliphatic rings. The van der Waals surface area contributed by atoms with Gasteiger partial charge in [-0.1, -0.05) is 0 Å². The Kier molecular flexibility index (Phi) is 4.01. The maximum atomic E-state index is 12.0. The maximum Gasteiger partial charge on any atom is 0.389 e. The molecule has 0 saturated heterocycles. The summed E-state index contributed by atoms with van der Waals surface area (Å²) in [6, 6.07) is 0.835. The summed E-state index contributed by atoms with van der Waals surface area (Å²) in [6.07, 6.45) is -4.01. The van der Waals surface area contributed by atoms with Crippen molar-refractivity contribution in [1.29, 1.82) is 0 Å². The number of halogens is 4. The van der Waals surface area contributed by atoms with Gasteiger partial charge in [0.25, 0.3) is 0 Å². The Morgan fingerprint density at radius 1 is 1.53 bits per heavy atom. The summed E-state index contributed by atoms with van der Waals surface area (Å²) in [7, 11) is 0. The lowest BCUT2D eigenvalue weighted by Gasteiger charge is -2.15. The van der Waals surface area contributed by atoms with Gasteiger partial charge in [-0.05, 0) is 24.1 Å². The van der Waals surface area contributed by atoms with Crippen molar-refractivity contribution >= 4 is 11.6 Å². The highest BCUT2D eigenvalue weighted by Gasteiger charge is 2.29. The summed E-state index contributed by atoms with van der Waals surface area (Å²) in [6.45, 7) is 0. The third-order valence-electron chi connectivity index (χ3n) is 1.94. The molecule has 3 nitrogen and oxygen atoms in total. The topological polar surface area (TPSA) is 51.2 Å². The molecule has 0 bridgehead atoms. The third kappa shape index (κ3) is 3.73. The number of rotatable bonds is 4. The summed E-state index contributed by atoms with van der Waals surface area (Å²) >= 11 is 5.62. The molecular weight excluding hydrogens is 233 g/mol. The SMILES string of the molecule is NNC(CCC(F)(F)F)c1ccoc1Cl. The van der Waals surface area contributed by atoms with E-state index in [9.17, 15) is 13.2 Å². The molecular formula is C8H10ClF3N2O. The van der Waals surface area contributed by atoms with Gasteiger partial charge >= 0.3 is 6.18 Å². The Labute approximate surface area is 89.3 Å². The number of alkyl halides is 3. The van der Waals surface area contributed by atoms with Crippen LogP contribution in [0.3, 0.4) is 0 Å². The second-order valence-corrected chi connectivity index (χ2v) is 3.37. The van der Waals surface area contributed by atoms with E-state index >= 15 is 0 Å². The molecule has 15 heavy (non-hydrogen) atoms. The van der Waals surface area contributed by atoms with Crippen LogP contribution in [-0.4, -0.2) is 6.18 Å². The molecule has 0 fully saturated rings. The van der Waals surface area contributed by atoms with Crippen molar-refractivity contribution in [3.05, 3.63) is 23.1 Å². The van der Waals surface area contributed by atoms with Crippen LogP contribution in [0.1, 0.15) is 24.4 Å². The highest BCUT2D eigenvalue weighted by atomic mass is 35.5. The van der Waals surface area contributed by atoms with Crippen LogP contribution in [0.4, 0.5) is 13.2 Å². The van der Waals surface area contributed by atoms with Crippen LogP contribution < -0.4 is 11.3 Å². The average molecular weight is 243 g/mol.